The molecule has 9 nitrogen and oxygen atoms in total. The van der Waals surface area contributed by atoms with Crippen LogP contribution >= 0.6 is 0 Å². The van der Waals surface area contributed by atoms with Crippen molar-refractivity contribution in [3.8, 4) is 5.75 Å². The summed E-state index contributed by atoms with van der Waals surface area (Å²) in [6.07, 6.45) is -1.15. The lowest BCUT2D eigenvalue weighted by molar-refractivity contribution is -0.133. The molecule has 212 valence electrons. The summed E-state index contributed by atoms with van der Waals surface area (Å²) in [6.45, 7) is 4.57. The number of imide groups is 1. The number of hydrogen-bond donors (Lipinski definition) is 3. The van der Waals surface area contributed by atoms with Gasteiger partial charge >= 0.3 is 6.03 Å². The van der Waals surface area contributed by atoms with Gasteiger partial charge in [-0.25, -0.2) is 9.18 Å². The Bertz CT molecular complexity index is 1390. The zero-order chi connectivity index (χ0) is 28.4. The van der Waals surface area contributed by atoms with Crippen molar-refractivity contribution in [1.82, 2.24) is 25.8 Å². The zero-order valence-electron chi connectivity index (χ0n) is 22.5. The predicted octanol–water partition coefficient (Wildman–Crippen LogP) is 2.53. The second-order valence-electron chi connectivity index (χ2n) is 10.7. The minimum Gasteiger partial charge on any atom is -0.480 e. The van der Waals surface area contributed by atoms with E-state index in [2.05, 4.69) is 74.3 Å². The first-order chi connectivity index (χ1) is 19.9. The quantitative estimate of drug-likeness (QED) is 0.386. The third kappa shape index (κ3) is 5.40. The van der Waals surface area contributed by atoms with Crippen LogP contribution in [-0.2, 0) is 15.1 Å². The number of nitrogens with zero attached hydrogens (tertiary/aromatic N) is 2. The number of fused-ring (bicyclic) bond motifs is 2. The smallest absolute Gasteiger partial charge is 0.322 e. The number of carbonyl (C=O) groups is 3. The van der Waals surface area contributed by atoms with Crippen LogP contribution in [0.15, 0.2) is 78.9 Å². The minimum absolute atomic E-state index is 0.133. The summed E-state index contributed by atoms with van der Waals surface area (Å²) < 4.78 is 19.9. The Morgan fingerprint density at radius 1 is 0.976 bits per heavy atom. The minimum atomic E-state index is -1.56. The average molecular weight is 558 g/mol. The van der Waals surface area contributed by atoms with Crippen molar-refractivity contribution < 1.29 is 23.5 Å². The van der Waals surface area contributed by atoms with E-state index in [1.54, 1.807) is 0 Å². The molecule has 3 heterocycles. The first-order valence-electron chi connectivity index (χ1n) is 13.9. The highest BCUT2D eigenvalue weighted by molar-refractivity contribution is 6.08. The zero-order valence-corrected chi connectivity index (χ0v) is 22.5. The number of nitrogens with one attached hydrogen (secondary N) is 3. The largest absolute Gasteiger partial charge is 0.480 e. The molecule has 2 saturated heterocycles. The van der Waals surface area contributed by atoms with Gasteiger partial charge in [0.25, 0.3) is 11.8 Å². The third-order valence-corrected chi connectivity index (χ3v) is 8.13. The molecule has 2 fully saturated rings. The van der Waals surface area contributed by atoms with E-state index in [1.807, 2.05) is 12.1 Å². The highest BCUT2D eigenvalue weighted by Gasteiger charge is 2.54. The van der Waals surface area contributed by atoms with E-state index in [0.29, 0.717) is 13.1 Å². The summed E-state index contributed by atoms with van der Waals surface area (Å²) in [6, 6.07) is 24.3. The van der Waals surface area contributed by atoms with Crippen molar-refractivity contribution in [3.05, 3.63) is 101 Å². The first-order valence-corrected chi connectivity index (χ1v) is 13.9. The molecule has 0 aliphatic carbocycles. The van der Waals surface area contributed by atoms with E-state index in [9.17, 15) is 18.8 Å². The molecule has 3 aliphatic heterocycles. The maximum atomic E-state index is 14.0. The summed E-state index contributed by atoms with van der Waals surface area (Å²) in [5.41, 5.74) is 1.17. The summed E-state index contributed by atoms with van der Waals surface area (Å²) in [7, 11) is 0. The van der Waals surface area contributed by atoms with Gasteiger partial charge in [0, 0.05) is 51.3 Å². The van der Waals surface area contributed by atoms with Crippen molar-refractivity contribution in [3.63, 3.8) is 0 Å². The number of urea groups is 1. The van der Waals surface area contributed by atoms with Gasteiger partial charge in [-0.1, -0.05) is 60.7 Å². The van der Waals surface area contributed by atoms with Crippen LogP contribution < -0.4 is 20.7 Å². The molecule has 3 N–H and O–H groups in total. The van der Waals surface area contributed by atoms with Crippen LogP contribution in [0.2, 0.25) is 0 Å². The standard InChI is InChI=1S/C31H32FN5O4/c32-23-11-12-25-24(19-23)31(29(39)34-30(40)35-31)20-26(41-25)28(38)33-13-14-36-15-17-37(18-16-36)27(21-7-3-1-4-8-21)22-9-5-2-6-10-22/h1-12,19,26-27H,13-18,20H2,(H,33,38)(H2,34,35,39,40)/t26-,31-/m0/s1. The normalized spacial score (nSPS) is 22.6. The van der Waals surface area contributed by atoms with Gasteiger partial charge in [-0.2, -0.15) is 0 Å². The second kappa shape index (κ2) is 11.3. The number of amides is 4. The Kier molecular flexibility index (Phi) is 7.42. The molecule has 6 rings (SSSR count). The molecule has 1 spiro atoms. The van der Waals surface area contributed by atoms with Gasteiger partial charge in [0.15, 0.2) is 11.6 Å². The molecule has 3 aromatic rings. The molecule has 0 bridgehead atoms. The van der Waals surface area contributed by atoms with Gasteiger partial charge in [-0.3, -0.25) is 24.7 Å². The Morgan fingerprint density at radius 2 is 1.63 bits per heavy atom. The van der Waals surface area contributed by atoms with E-state index >= 15 is 0 Å². The topological polar surface area (TPSA) is 103 Å². The fraction of sp³-hybridized carbons (Fsp3) is 0.323. The number of piperazine rings is 1. The lowest BCUT2D eigenvalue weighted by Crippen LogP contribution is -2.55. The van der Waals surface area contributed by atoms with E-state index in [0.717, 1.165) is 32.2 Å². The van der Waals surface area contributed by atoms with Crippen LogP contribution in [0.3, 0.4) is 0 Å². The number of halogens is 1. The number of benzene rings is 3. The van der Waals surface area contributed by atoms with Crippen LogP contribution in [0.4, 0.5) is 9.18 Å². The molecule has 3 aliphatic rings. The van der Waals surface area contributed by atoms with Gasteiger partial charge in [0.1, 0.15) is 11.6 Å². The van der Waals surface area contributed by atoms with Gasteiger partial charge in [-0.05, 0) is 29.3 Å². The second-order valence-corrected chi connectivity index (χ2v) is 10.7. The fourth-order valence-electron chi connectivity index (χ4n) is 6.07. The van der Waals surface area contributed by atoms with Crippen LogP contribution in [-0.4, -0.2) is 73.0 Å². The van der Waals surface area contributed by atoms with Crippen molar-refractivity contribution in [2.24, 2.45) is 0 Å². The van der Waals surface area contributed by atoms with Gasteiger partial charge < -0.3 is 15.4 Å². The number of ether oxygens (including phenoxy) is 1. The molecule has 4 amide bonds. The maximum absolute atomic E-state index is 14.0. The molecule has 10 heteroatoms. The van der Waals surface area contributed by atoms with Crippen molar-refractivity contribution in [1.29, 1.82) is 0 Å². The number of rotatable bonds is 7. The lowest BCUT2D eigenvalue weighted by Gasteiger charge is -2.40. The summed E-state index contributed by atoms with van der Waals surface area (Å²) >= 11 is 0. The molecule has 3 aromatic carbocycles. The Morgan fingerprint density at radius 3 is 2.24 bits per heavy atom. The maximum Gasteiger partial charge on any atom is 0.322 e. The van der Waals surface area contributed by atoms with Crippen LogP contribution in [0.5, 0.6) is 5.75 Å². The van der Waals surface area contributed by atoms with Crippen molar-refractivity contribution in [2.45, 2.75) is 24.1 Å². The fourth-order valence-corrected chi connectivity index (χ4v) is 6.07. The van der Waals surface area contributed by atoms with Crippen LogP contribution in [0.1, 0.15) is 29.2 Å². The lowest BCUT2D eigenvalue weighted by atomic mass is 9.81. The molecule has 2 atom stereocenters. The molecular formula is C31H32FN5O4. The Labute approximate surface area is 237 Å². The van der Waals surface area contributed by atoms with Gasteiger partial charge in [0.05, 0.1) is 6.04 Å². The Balaban J connectivity index is 1.05. The first kappa shape index (κ1) is 26.9. The van der Waals surface area contributed by atoms with Gasteiger partial charge in [-0.15, -0.1) is 0 Å². The number of hydrogen-bond acceptors (Lipinski definition) is 6. The summed E-state index contributed by atoms with van der Waals surface area (Å²) in [5, 5.41) is 7.72. The van der Waals surface area contributed by atoms with Crippen LogP contribution in [0, 0.1) is 5.82 Å². The molecule has 0 unspecified atom stereocenters. The third-order valence-electron chi connectivity index (χ3n) is 8.13. The SMILES string of the molecule is O=C1NC(=O)[C@@]2(C[C@@H](C(=O)NCCN3CCN(C(c4ccccc4)c4ccccc4)CC3)Oc3ccc(F)cc32)N1. The molecule has 0 saturated carbocycles. The highest BCUT2D eigenvalue weighted by atomic mass is 19.1. The molecule has 0 aromatic heterocycles. The Hall–Kier alpha value is -4.28. The van der Waals surface area contributed by atoms with Crippen molar-refractivity contribution in [2.75, 3.05) is 39.3 Å². The summed E-state index contributed by atoms with van der Waals surface area (Å²) in [4.78, 5) is 42.7. The van der Waals surface area contributed by atoms with Gasteiger partial charge in [0.2, 0.25) is 0 Å². The number of carbonyl (C=O) groups excluding carboxylic acids is 3. The summed E-state index contributed by atoms with van der Waals surface area (Å²) in [5.74, 6) is -1.39. The monoisotopic (exact) mass is 557 g/mol. The van der Waals surface area contributed by atoms with Crippen LogP contribution in [0.25, 0.3) is 0 Å². The van der Waals surface area contributed by atoms with E-state index in [1.165, 1.54) is 23.3 Å². The highest BCUT2D eigenvalue weighted by Crippen LogP contribution is 2.41. The predicted molar refractivity (Wildman–Crippen MR) is 150 cm³/mol. The molecular weight excluding hydrogens is 525 g/mol. The van der Waals surface area contributed by atoms with E-state index in [4.69, 9.17) is 4.74 Å². The molecule has 0 radical (unpaired) electrons. The average Bonchev–Trinajstić information content (AvgIpc) is 3.27. The van der Waals surface area contributed by atoms with Crippen molar-refractivity contribution >= 4 is 17.8 Å². The molecule has 41 heavy (non-hydrogen) atoms. The van der Waals surface area contributed by atoms with E-state index in [-0.39, 0.29) is 29.7 Å². The van der Waals surface area contributed by atoms with E-state index < -0.39 is 29.4 Å².